The number of hydrogen-bond donors (Lipinski definition) is 1. The lowest BCUT2D eigenvalue weighted by Crippen LogP contribution is -1.83. The molecule has 0 saturated carbocycles. The van der Waals surface area contributed by atoms with E-state index in [1.165, 1.54) is 0 Å². The highest BCUT2D eigenvalue weighted by molar-refractivity contribution is 5.68. The Morgan fingerprint density at radius 1 is 1.05 bits per heavy atom. The molecule has 2 N–H and O–H groups in total. The number of nitrogens with two attached hydrogens (primary N) is 1. The summed E-state index contributed by atoms with van der Waals surface area (Å²) in [4.78, 5) is 8.24. The molecule has 0 bridgehead atoms. The van der Waals surface area contributed by atoms with E-state index in [2.05, 4.69) is 15.1 Å². The van der Waals surface area contributed by atoms with Crippen molar-refractivity contribution in [3.63, 3.8) is 0 Å². The summed E-state index contributed by atoms with van der Waals surface area (Å²) in [5, 5.41) is 3.93. The van der Waals surface area contributed by atoms with E-state index in [-0.39, 0.29) is 0 Å². The molecule has 0 aliphatic carbocycles. The molecule has 2 heterocycles. The van der Waals surface area contributed by atoms with Crippen LogP contribution in [0.15, 0.2) is 53.3 Å². The van der Waals surface area contributed by atoms with E-state index in [4.69, 9.17) is 10.3 Å². The van der Waals surface area contributed by atoms with Gasteiger partial charge in [-0.2, -0.15) is 4.98 Å². The van der Waals surface area contributed by atoms with Gasteiger partial charge in [0, 0.05) is 29.7 Å². The van der Waals surface area contributed by atoms with Gasteiger partial charge in [0.2, 0.25) is 5.82 Å². The summed E-state index contributed by atoms with van der Waals surface area (Å²) in [6.07, 6.45) is 7.01. The highest BCUT2D eigenvalue weighted by Gasteiger charge is 2.05. The third kappa shape index (κ3) is 2.72. The van der Waals surface area contributed by atoms with Crippen molar-refractivity contribution in [2.75, 3.05) is 5.73 Å². The monoisotopic (exact) mass is 264 g/mol. The first-order valence-corrected chi connectivity index (χ1v) is 6.09. The Labute approximate surface area is 115 Å². The van der Waals surface area contributed by atoms with Gasteiger partial charge in [-0.25, -0.2) is 0 Å². The maximum Gasteiger partial charge on any atom is 0.250 e. The molecule has 98 valence electrons. The molecule has 2 aromatic heterocycles. The molecular weight excluding hydrogens is 252 g/mol. The van der Waals surface area contributed by atoms with E-state index >= 15 is 0 Å². The second-order valence-electron chi connectivity index (χ2n) is 4.20. The van der Waals surface area contributed by atoms with Crippen molar-refractivity contribution in [2.24, 2.45) is 0 Å². The van der Waals surface area contributed by atoms with Gasteiger partial charge < -0.3 is 10.3 Å². The first kappa shape index (κ1) is 12.1. The summed E-state index contributed by atoms with van der Waals surface area (Å²) in [5.74, 6) is 0.985. The van der Waals surface area contributed by atoms with E-state index in [0.29, 0.717) is 11.7 Å². The Morgan fingerprint density at radius 2 is 1.90 bits per heavy atom. The summed E-state index contributed by atoms with van der Waals surface area (Å²) < 4.78 is 5.17. The fourth-order valence-electron chi connectivity index (χ4n) is 1.75. The fourth-order valence-corrected chi connectivity index (χ4v) is 1.75. The van der Waals surface area contributed by atoms with E-state index in [1.807, 2.05) is 42.5 Å². The van der Waals surface area contributed by atoms with Gasteiger partial charge in [0.1, 0.15) is 0 Å². The van der Waals surface area contributed by atoms with Gasteiger partial charge in [-0.05, 0) is 35.9 Å². The van der Waals surface area contributed by atoms with Crippen LogP contribution in [-0.2, 0) is 0 Å². The van der Waals surface area contributed by atoms with Gasteiger partial charge in [-0.3, -0.25) is 4.98 Å². The second kappa shape index (κ2) is 5.36. The molecule has 1 aromatic carbocycles. The molecule has 0 atom stereocenters. The summed E-state index contributed by atoms with van der Waals surface area (Å²) in [5.41, 5.74) is 8.28. The molecule has 3 rings (SSSR count). The number of hydrogen-bond acceptors (Lipinski definition) is 5. The third-order valence-electron chi connectivity index (χ3n) is 2.71. The number of aromatic nitrogens is 3. The average Bonchev–Trinajstić information content (AvgIpc) is 2.95. The van der Waals surface area contributed by atoms with Crippen LogP contribution in [0.2, 0.25) is 0 Å². The highest BCUT2D eigenvalue weighted by Crippen LogP contribution is 2.15. The van der Waals surface area contributed by atoms with Gasteiger partial charge in [-0.15, -0.1) is 0 Å². The van der Waals surface area contributed by atoms with Gasteiger partial charge in [-0.1, -0.05) is 17.3 Å². The van der Waals surface area contributed by atoms with Gasteiger partial charge in [0.05, 0.1) is 0 Å². The number of pyridine rings is 1. The summed E-state index contributed by atoms with van der Waals surface area (Å²) >= 11 is 0. The van der Waals surface area contributed by atoms with Gasteiger partial charge in [0.25, 0.3) is 5.89 Å². The molecular formula is C15H12N4O. The Hall–Kier alpha value is -2.95. The maximum absolute atomic E-state index is 5.72. The van der Waals surface area contributed by atoms with Crippen LogP contribution in [-0.4, -0.2) is 15.1 Å². The fraction of sp³-hybridized carbons (Fsp3) is 0. The van der Waals surface area contributed by atoms with Crippen LogP contribution in [0, 0.1) is 0 Å². The Balaban J connectivity index is 1.81. The average molecular weight is 264 g/mol. The van der Waals surface area contributed by atoms with Gasteiger partial charge in [0.15, 0.2) is 0 Å². The summed E-state index contributed by atoms with van der Waals surface area (Å²) in [6, 6.07) is 11.2. The number of benzene rings is 1. The standard InChI is InChI=1S/C15H12N4O/c16-13-3-1-2-11(10-13)4-5-14-18-15(19-20-14)12-6-8-17-9-7-12/h1-10H,16H2/b5-4+. The van der Waals surface area contributed by atoms with E-state index in [9.17, 15) is 0 Å². The zero-order chi connectivity index (χ0) is 13.8. The largest absolute Gasteiger partial charge is 0.399 e. The molecule has 0 aliphatic rings. The maximum atomic E-state index is 5.72. The summed E-state index contributed by atoms with van der Waals surface area (Å²) in [6.45, 7) is 0. The van der Waals surface area contributed by atoms with E-state index in [0.717, 1.165) is 16.8 Å². The zero-order valence-electron chi connectivity index (χ0n) is 10.6. The van der Waals surface area contributed by atoms with Gasteiger partial charge >= 0.3 is 0 Å². The van der Waals surface area contributed by atoms with Crippen LogP contribution < -0.4 is 5.73 Å². The molecule has 5 nitrogen and oxygen atoms in total. The molecule has 20 heavy (non-hydrogen) atoms. The first-order valence-electron chi connectivity index (χ1n) is 6.09. The number of anilines is 1. The lowest BCUT2D eigenvalue weighted by atomic mass is 10.2. The quantitative estimate of drug-likeness (QED) is 0.736. The highest BCUT2D eigenvalue weighted by atomic mass is 16.5. The predicted octanol–water partition coefficient (Wildman–Crippen LogP) is 2.88. The predicted molar refractivity (Wildman–Crippen MR) is 77.3 cm³/mol. The minimum atomic E-state index is 0.444. The smallest absolute Gasteiger partial charge is 0.250 e. The minimum Gasteiger partial charge on any atom is -0.399 e. The van der Waals surface area contributed by atoms with Crippen LogP contribution in [0.3, 0.4) is 0 Å². The Kier molecular flexibility index (Phi) is 3.24. The lowest BCUT2D eigenvalue weighted by molar-refractivity contribution is 0.411. The van der Waals surface area contributed by atoms with Crippen molar-refractivity contribution in [3.8, 4) is 11.4 Å². The molecule has 0 radical (unpaired) electrons. The van der Waals surface area contributed by atoms with Crippen molar-refractivity contribution < 1.29 is 4.52 Å². The van der Waals surface area contributed by atoms with Crippen LogP contribution in [0.1, 0.15) is 11.5 Å². The van der Waals surface area contributed by atoms with Crippen molar-refractivity contribution in [2.45, 2.75) is 0 Å². The molecule has 0 saturated heterocycles. The van der Waals surface area contributed by atoms with Crippen molar-refractivity contribution in [1.29, 1.82) is 0 Å². The minimum absolute atomic E-state index is 0.444. The van der Waals surface area contributed by atoms with Crippen molar-refractivity contribution in [1.82, 2.24) is 15.1 Å². The van der Waals surface area contributed by atoms with E-state index in [1.54, 1.807) is 18.5 Å². The van der Waals surface area contributed by atoms with Crippen molar-refractivity contribution >= 4 is 17.8 Å². The molecule has 0 amide bonds. The molecule has 0 spiro atoms. The van der Waals surface area contributed by atoms with E-state index < -0.39 is 0 Å². The third-order valence-corrected chi connectivity index (χ3v) is 2.71. The number of nitrogen functional groups attached to an aromatic ring is 1. The molecule has 0 unspecified atom stereocenters. The number of nitrogens with zero attached hydrogens (tertiary/aromatic N) is 3. The van der Waals surface area contributed by atoms with Crippen molar-refractivity contribution in [3.05, 3.63) is 60.2 Å². The Morgan fingerprint density at radius 3 is 2.70 bits per heavy atom. The normalized spacial score (nSPS) is 11.0. The Bertz CT molecular complexity index is 734. The number of rotatable bonds is 3. The molecule has 0 aliphatic heterocycles. The van der Waals surface area contributed by atoms with Crippen LogP contribution in [0.25, 0.3) is 23.5 Å². The first-order chi connectivity index (χ1) is 9.81. The molecule has 5 heteroatoms. The van der Waals surface area contributed by atoms with Crippen LogP contribution in [0.4, 0.5) is 5.69 Å². The lowest BCUT2D eigenvalue weighted by Gasteiger charge is -1.94. The van der Waals surface area contributed by atoms with Crippen LogP contribution >= 0.6 is 0 Å². The summed E-state index contributed by atoms with van der Waals surface area (Å²) in [7, 11) is 0. The molecule has 0 fully saturated rings. The second-order valence-corrected chi connectivity index (χ2v) is 4.20. The van der Waals surface area contributed by atoms with Crippen LogP contribution in [0.5, 0.6) is 0 Å². The molecule has 3 aromatic rings. The topological polar surface area (TPSA) is 77.8 Å². The zero-order valence-corrected chi connectivity index (χ0v) is 10.6. The SMILES string of the molecule is Nc1cccc(/C=C/c2nc(-c3ccncc3)no2)c1.